The number of ether oxygens (including phenoxy) is 2. The van der Waals surface area contributed by atoms with Crippen molar-refractivity contribution in [3.05, 3.63) is 0 Å². The molecule has 0 aliphatic carbocycles. The molecule has 0 aromatic carbocycles. The number of rotatable bonds is 23. The molecule has 0 spiro atoms. The first kappa shape index (κ1) is 52.5. The third-order valence-electron chi connectivity index (χ3n) is 9.94. The van der Waals surface area contributed by atoms with E-state index in [2.05, 4.69) is 0 Å². The number of hydrogen-bond donors (Lipinski definition) is 8. The minimum absolute atomic E-state index is 0.0637. The summed E-state index contributed by atoms with van der Waals surface area (Å²) in [5.41, 5.74) is 0. The minimum atomic E-state index is -1.04. The van der Waals surface area contributed by atoms with Crippen LogP contribution in [0.5, 0.6) is 0 Å². The van der Waals surface area contributed by atoms with Crippen LogP contribution in [0.15, 0.2) is 0 Å². The van der Waals surface area contributed by atoms with E-state index in [-0.39, 0.29) is 131 Å². The molecule has 346 valence electrons. The lowest BCUT2D eigenvalue weighted by Crippen LogP contribution is -2.49. The Labute approximate surface area is 349 Å². The molecule has 0 radical (unpaired) electrons. The summed E-state index contributed by atoms with van der Waals surface area (Å²) in [5.74, 6) is -6.23. The normalized spacial score (nSPS) is 20.5. The van der Waals surface area contributed by atoms with Crippen LogP contribution in [0, 0.1) is 0 Å². The molecule has 0 saturated carbocycles. The number of β-amino-alcohol motifs (C(OH)–C–C–N with tert-alkyl or cyclic N) is 2. The van der Waals surface area contributed by atoms with Gasteiger partial charge in [0.2, 0.25) is 0 Å². The molecule has 0 aromatic heterocycles. The van der Waals surface area contributed by atoms with Crippen molar-refractivity contribution in [1.82, 2.24) is 39.2 Å². The maximum atomic E-state index is 11.5. The summed E-state index contributed by atoms with van der Waals surface area (Å²) < 4.78 is 11.2. The smallest absolute Gasteiger partial charge is 0.317 e. The Morgan fingerprint density at radius 1 is 0.333 bits per heavy atom. The highest BCUT2D eigenvalue weighted by atomic mass is 16.5. The van der Waals surface area contributed by atoms with Crippen LogP contribution < -0.4 is 0 Å². The second kappa shape index (κ2) is 29.6. The molecule has 2 fully saturated rings. The zero-order valence-electron chi connectivity index (χ0n) is 34.4. The van der Waals surface area contributed by atoms with Crippen molar-refractivity contribution < 1.29 is 79.1 Å². The molecular formula is C36H66N8O16. The summed E-state index contributed by atoms with van der Waals surface area (Å²) in [7, 11) is 0. The number of aliphatic hydroxyl groups is 2. The molecule has 2 aliphatic rings. The van der Waals surface area contributed by atoms with Crippen molar-refractivity contribution >= 4 is 35.8 Å². The van der Waals surface area contributed by atoms with E-state index in [1.165, 1.54) is 0 Å². The number of aliphatic carboxylic acids is 6. The first-order valence-electron chi connectivity index (χ1n) is 20.1. The maximum absolute atomic E-state index is 11.5. The Morgan fingerprint density at radius 2 is 0.500 bits per heavy atom. The Balaban J connectivity index is 1.90. The van der Waals surface area contributed by atoms with Crippen LogP contribution in [0.2, 0.25) is 0 Å². The lowest BCUT2D eigenvalue weighted by molar-refractivity contribution is -0.140. The van der Waals surface area contributed by atoms with E-state index in [1.807, 2.05) is 9.80 Å². The van der Waals surface area contributed by atoms with Gasteiger partial charge in [0.15, 0.2) is 0 Å². The molecule has 2 saturated heterocycles. The first-order chi connectivity index (χ1) is 28.5. The average Bonchev–Trinajstić information content (AvgIpc) is 3.13. The van der Waals surface area contributed by atoms with Gasteiger partial charge in [0.1, 0.15) is 0 Å². The maximum Gasteiger partial charge on any atom is 0.317 e. The predicted octanol–water partition coefficient (Wildman–Crippen LogP) is -5.31. The third kappa shape index (κ3) is 25.8. The molecule has 8 N–H and O–H groups in total. The van der Waals surface area contributed by atoms with Crippen LogP contribution in [-0.2, 0) is 38.2 Å². The Morgan fingerprint density at radius 3 is 0.667 bits per heavy atom. The fraction of sp³-hybridized carbons (Fsp3) is 0.833. The summed E-state index contributed by atoms with van der Waals surface area (Å²) in [6, 6.07) is 0. The minimum Gasteiger partial charge on any atom is -0.480 e. The van der Waals surface area contributed by atoms with Gasteiger partial charge in [-0.2, -0.15) is 0 Å². The van der Waals surface area contributed by atoms with Gasteiger partial charge in [0, 0.05) is 118 Å². The van der Waals surface area contributed by atoms with Gasteiger partial charge in [-0.1, -0.05) is 0 Å². The van der Waals surface area contributed by atoms with Gasteiger partial charge in [0.25, 0.3) is 0 Å². The molecule has 2 aliphatic heterocycles. The monoisotopic (exact) mass is 866 g/mol. The van der Waals surface area contributed by atoms with E-state index >= 15 is 0 Å². The van der Waals surface area contributed by atoms with Crippen LogP contribution in [-0.4, -0.2) is 312 Å². The summed E-state index contributed by atoms with van der Waals surface area (Å²) in [6.45, 7) is 3.60. The van der Waals surface area contributed by atoms with Crippen LogP contribution in [0.1, 0.15) is 0 Å². The van der Waals surface area contributed by atoms with E-state index in [4.69, 9.17) is 9.47 Å². The molecule has 24 heteroatoms. The number of nitrogens with zero attached hydrogens (tertiary/aromatic N) is 8. The lowest BCUT2D eigenvalue weighted by Gasteiger charge is -2.33. The van der Waals surface area contributed by atoms with Gasteiger partial charge < -0.3 is 50.3 Å². The number of aliphatic hydroxyl groups excluding tert-OH is 2. The number of carbonyl (C=O) groups is 6. The Kier molecular flexibility index (Phi) is 25.9. The van der Waals surface area contributed by atoms with E-state index in [0.717, 1.165) is 0 Å². The molecule has 2 heterocycles. The molecular weight excluding hydrogens is 800 g/mol. The Hall–Kier alpha value is -3.66. The quantitative estimate of drug-likeness (QED) is 0.0445. The summed E-state index contributed by atoms with van der Waals surface area (Å²) in [4.78, 5) is 82.9. The predicted molar refractivity (Wildman–Crippen MR) is 211 cm³/mol. The van der Waals surface area contributed by atoms with Gasteiger partial charge in [-0.25, -0.2) is 0 Å². The van der Waals surface area contributed by atoms with Gasteiger partial charge in [-0.15, -0.1) is 0 Å². The van der Waals surface area contributed by atoms with E-state index in [9.17, 15) is 69.6 Å². The van der Waals surface area contributed by atoms with Crippen molar-refractivity contribution in [3.63, 3.8) is 0 Å². The standard InChI is InChI=1S/C36H66N8O16/c45-29(19-37-1-5-39(21-31(47)48)9-13-43(25-35(55)56)14-10-40(6-2-37)22-32(49)50)27-59-17-18-60-28-30(46)20-38-3-7-41(23-33(51)52)11-15-44(26-36(57)58)16-12-42(8-4-38)24-34(53)54/h29-30,45-46H,1-28H2,(H,47,48)(H,49,50)(H,51,52)(H,53,54)(H,55,56)(H,57,58). The van der Waals surface area contributed by atoms with Gasteiger partial charge in [-0.3, -0.25) is 68.0 Å². The van der Waals surface area contributed by atoms with Crippen molar-refractivity contribution in [3.8, 4) is 0 Å². The van der Waals surface area contributed by atoms with Crippen molar-refractivity contribution in [2.24, 2.45) is 0 Å². The zero-order valence-corrected chi connectivity index (χ0v) is 34.4. The molecule has 60 heavy (non-hydrogen) atoms. The van der Waals surface area contributed by atoms with Crippen molar-refractivity contribution in [2.45, 2.75) is 12.2 Å². The van der Waals surface area contributed by atoms with Crippen LogP contribution in [0.3, 0.4) is 0 Å². The molecule has 2 rings (SSSR count). The molecule has 0 amide bonds. The lowest BCUT2D eigenvalue weighted by atomic mass is 10.3. The molecule has 2 unspecified atom stereocenters. The van der Waals surface area contributed by atoms with Crippen molar-refractivity contribution in [1.29, 1.82) is 0 Å². The van der Waals surface area contributed by atoms with E-state index in [0.29, 0.717) is 52.4 Å². The fourth-order valence-corrected chi connectivity index (χ4v) is 6.88. The molecule has 0 bridgehead atoms. The topological polar surface area (TPSA) is 309 Å². The fourth-order valence-electron chi connectivity index (χ4n) is 6.88. The second-order valence-corrected chi connectivity index (χ2v) is 15.1. The number of hydrogen-bond acceptors (Lipinski definition) is 18. The van der Waals surface area contributed by atoms with Crippen LogP contribution in [0.4, 0.5) is 0 Å². The Bertz CT molecular complexity index is 1160. The van der Waals surface area contributed by atoms with Gasteiger partial charge in [0.05, 0.1) is 77.9 Å². The molecule has 0 aromatic rings. The van der Waals surface area contributed by atoms with Gasteiger partial charge >= 0.3 is 35.8 Å². The highest BCUT2D eigenvalue weighted by Gasteiger charge is 2.23. The number of carboxylic acids is 6. The van der Waals surface area contributed by atoms with Gasteiger partial charge in [-0.05, 0) is 0 Å². The summed E-state index contributed by atoms with van der Waals surface area (Å²) >= 11 is 0. The second-order valence-electron chi connectivity index (χ2n) is 15.1. The van der Waals surface area contributed by atoms with Crippen LogP contribution in [0.25, 0.3) is 0 Å². The SMILES string of the molecule is O=C(O)CN1CCN(CC(=O)O)CCN(CC(O)COCCOCC(O)CN2CCN(CC(=O)O)CCN(CC(=O)O)CCN(CC(=O)O)CC2)CCN(CC(=O)O)CC1. The largest absolute Gasteiger partial charge is 0.480 e. The summed E-state index contributed by atoms with van der Waals surface area (Å²) in [6.07, 6.45) is -1.91. The van der Waals surface area contributed by atoms with E-state index in [1.54, 1.807) is 29.4 Å². The summed E-state index contributed by atoms with van der Waals surface area (Å²) in [5, 5.41) is 78.1. The first-order valence-corrected chi connectivity index (χ1v) is 20.1. The molecule has 24 nitrogen and oxygen atoms in total. The van der Waals surface area contributed by atoms with Crippen LogP contribution >= 0.6 is 0 Å². The number of carboxylic acid groups (broad SMARTS) is 6. The molecule has 2 atom stereocenters. The zero-order chi connectivity index (χ0) is 44.5. The van der Waals surface area contributed by atoms with E-state index < -0.39 is 48.0 Å². The average molecular weight is 867 g/mol. The highest BCUT2D eigenvalue weighted by Crippen LogP contribution is 2.05. The van der Waals surface area contributed by atoms with Crippen molar-refractivity contribution in [2.75, 3.05) is 184 Å². The third-order valence-corrected chi connectivity index (χ3v) is 9.94. The highest BCUT2D eigenvalue weighted by molar-refractivity contribution is 5.70.